The molecule has 2 aliphatic heterocycles. The third-order valence-electron chi connectivity index (χ3n) is 9.02. The van der Waals surface area contributed by atoms with Crippen LogP contribution in [-0.4, -0.2) is 44.1 Å². The second-order valence-electron chi connectivity index (χ2n) is 12.0. The minimum Gasteiger partial charge on any atom is -0.491 e. The number of amides is 1. The lowest BCUT2D eigenvalue weighted by Crippen LogP contribution is -2.22. The van der Waals surface area contributed by atoms with Crippen LogP contribution in [0.15, 0.2) is 70.1 Å². The van der Waals surface area contributed by atoms with Crippen molar-refractivity contribution in [1.82, 2.24) is 25.0 Å². The Bertz CT molecular complexity index is 2280. The Morgan fingerprint density at radius 1 is 1.04 bits per heavy atom. The average molecular weight is 681 g/mol. The van der Waals surface area contributed by atoms with E-state index in [9.17, 15) is 18.4 Å². The van der Waals surface area contributed by atoms with E-state index in [1.165, 1.54) is 29.5 Å². The molecule has 0 spiro atoms. The van der Waals surface area contributed by atoms with Crippen molar-refractivity contribution >= 4 is 33.1 Å². The SMILES string of the molecule is CCOc1cc(CNc2nccc3cc(-c4c5c(nc(CCc6ccc(F)cc6)c4-c4noc(=O)[nH]4)[C@@H]4CCCN4C5=O)sc23)ccc1F. The van der Waals surface area contributed by atoms with Gasteiger partial charge in [-0.3, -0.25) is 19.3 Å². The van der Waals surface area contributed by atoms with Gasteiger partial charge in [-0.15, -0.1) is 11.3 Å². The first-order valence-corrected chi connectivity index (χ1v) is 16.9. The molecule has 0 saturated carbocycles. The number of benzene rings is 2. The zero-order valence-corrected chi connectivity index (χ0v) is 27.2. The summed E-state index contributed by atoms with van der Waals surface area (Å²) in [4.78, 5) is 41.5. The number of hydrogen-bond donors (Lipinski definition) is 2. The maximum atomic E-state index is 14.2. The number of halogens is 2. The molecule has 0 radical (unpaired) electrons. The van der Waals surface area contributed by atoms with Crippen LogP contribution in [0.5, 0.6) is 5.75 Å². The molecule has 6 heterocycles. The quantitative estimate of drug-likeness (QED) is 0.157. The zero-order chi connectivity index (χ0) is 33.6. The number of carbonyl (C=O) groups excluding carboxylic acids is 1. The molecule has 10 nitrogen and oxygen atoms in total. The number of aromatic amines is 1. The van der Waals surface area contributed by atoms with E-state index in [0.29, 0.717) is 60.7 Å². The third-order valence-corrected chi connectivity index (χ3v) is 10.2. The molecule has 0 bridgehead atoms. The molecule has 1 amide bonds. The number of aryl methyl sites for hydroxylation is 2. The van der Waals surface area contributed by atoms with E-state index in [4.69, 9.17) is 14.2 Å². The number of hydrogen-bond acceptors (Lipinski definition) is 9. The summed E-state index contributed by atoms with van der Waals surface area (Å²) >= 11 is 1.46. The number of nitrogens with zero attached hydrogens (tertiary/aromatic N) is 4. The molecule has 13 heteroatoms. The number of H-pyrrole nitrogens is 1. The van der Waals surface area contributed by atoms with Gasteiger partial charge < -0.3 is 15.0 Å². The van der Waals surface area contributed by atoms with Crippen molar-refractivity contribution in [2.45, 2.75) is 45.2 Å². The molecule has 1 fully saturated rings. The molecule has 8 rings (SSSR count). The van der Waals surface area contributed by atoms with Crippen molar-refractivity contribution in [1.29, 1.82) is 0 Å². The Balaban J connectivity index is 1.26. The van der Waals surface area contributed by atoms with E-state index in [-0.39, 0.29) is 29.3 Å². The number of rotatable bonds is 10. The van der Waals surface area contributed by atoms with E-state index in [0.717, 1.165) is 44.6 Å². The summed E-state index contributed by atoms with van der Waals surface area (Å²) in [5.74, 6) is -0.568. The second kappa shape index (κ2) is 12.5. The lowest BCUT2D eigenvalue weighted by Gasteiger charge is -2.16. The zero-order valence-electron chi connectivity index (χ0n) is 26.4. The number of pyridine rings is 2. The van der Waals surface area contributed by atoms with Gasteiger partial charge in [0.25, 0.3) is 5.91 Å². The molecule has 1 atom stereocenters. The summed E-state index contributed by atoms with van der Waals surface area (Å²) < 4.78 is 39.1. The van der Waals surface area contributed by atoms with E-state index in [1.807, 2.05) is 17.0 Å². The minimum absolute atomic E-state index is 0.104. The molecule has 4 aromatic heterocycles. The minimum atomic E-state index is -0.724. The monoisotopic (exact) mass is 680 g/mol. The van der Waals surface area contributed by atoms with E-state index < -0.39 is 11.6 Å². The van der Waals surface area contributed by atoms with Crippen molar-refractivity contribution in [3.05, 3.63) is 111 Å². The van der Waals surface area contributed by atoms with Crippen LogP contribution in [0.1, 0.15) is 58.7 Å². The summed E-state index contributed by atoms with van der Waals surface area (Å²) in [5.41, 5.74) is 4.76. The van der Waals surface area contributed by atoms with Crippen LogP contribution >= 0.6 is 11.3 Å². The number of anilines is 1. The number of nitrogens with one attached hydrogen (secondary N) is 2. The normalized spacial score (nSPS) is 15.2. The lowest BCUT2D eigenvalue weighted by molar-refractivity contribution is 0.0776. The third kappa shape index (κ3) is 5.63. The van der Waals surface area contributed by atoms with Crippen LogP contribution < -0.4 is 15.8 Å². The van der Waals surface area contributed by atoms with Crippen LogP contribution in [0.3, 0.4) is 0 Å². The summed E-state index contributed by atoms with van der Waals surface area (Å²) in [6, 6.07) is 14.8. The molecule has 2 aromatic carbocycles. The van der Waals surface area contributed by atoms with Crippen LogP contribution in [0.25, 0.3) is 31.9 Å². The van der Waals surface area contributed by atoms with E-state index in [2.05, 4.69) is 20.4 Å². The fourth-order valence-corrected chi connectivity index (χ4v) is 7.99. The van der Waals surface area contributed by atoms with E-state index in [1.54, 1.807) is 37.4 Å². The van der Waals surface area contributed by atoms with Gasteiger partial charge in [0.05, 0.1) is 39.9 Å². The Labute approximate surface area is 282 Å². The predicted octanol–water partition coefficient (Wildman–Crippen LogP) is 7.07. The lowest BCUT2D eigenvalue weighted by atomic mass is 9.92. The number of fused-ring (bicyclic) bond motifs is 4. The van der Waals surface area contributed by atoms with Gasteiger partial charge in [-0.25, -0.2) is 18.6 Å². The van der Waals surface area contributed by atoms with E-state index >= 15 is 0 Å². The molecule has 2 N–H and O–H groups in total. The summed E-state index contributed by atoms with van der Waals surface area (Å²) in [7, 11) is 0. The van der Waals surface area contributed by atoms with Crippen molar-refractivity contribution in [2.75, 3.05) is 18.5 Å². The van der Waals surface area contributed by atoms with Gasteiger partial charge in [0.1, 0.15) is 11.6 Å². The maximum Gasteiger partial charge on any atom is 0.439 e. The predicted molar refractivity (Wildman–Crippen MR) is 181 cm³/mol. The first kappa shape index (κ1) is 30.9. The molecule has 0 unspecified atom stereocenters. The molecular weight excluding hydrogens is 650 g/mol. The summed E-state index contributed by atoms with van der Waals surface area (Å²) in [5, 5.41) is 8.35. The van der Waals surface area contributed by atoms with Gasteiger partial charge in [0.2, 0.25) is 0 Å². The molecule has 6 aromatic rings. The van der Waals surface area contributed by atoms with Gasteiger partial charge in [0, 0.05) is 29.7 Å². The molecule has 49 heavy (non-hydrogen) atoms. The van der Waals surface area contributed by atoms with Gasteiger partial charge in [-0.1, -0.05) is 23.4 Å². The Hall–Kier alpha value is -5.43. The first-order valence-electron chi connectivity index (χ1n) is 16.1. The smallest absolute Gasteiger partial charge is 0.439 e. The number of ether oxygens (including phenoxy) is 1. The Morgan fingerprint density at radius 2 is 1.88 bits per heavy atom. The fraction of sp³-hybridized carbons (Fsp3) is 0.250. The van der Waals surface area contributed by atoms with Gasteiger partial charge in [-0.05, 0) is 85.5 Å². The van der Waals surface area contributed by atoms with Crippen LogP contribution in [0.2, 0.25) is 0 Å². The van der Waals surface area contributed by atoms with Crippen LogP contribution in [0, 0.1) is 11.6 Å². The standard InChI is InChI=1S/C36H30F2N6O4S/c1-2-47-26-16-20(7-11-23(26)38)18-40-34-32-21(13-14-39-34)17-27(49-32)29-28(33-42-36(46)48-43-33)24(12-8-19-5-9-22(37)10-6-19)41-31-25-4-3-15-44(25)35(45)30(29)31/h5-7,9-11,13-14,16-17,25H,2-4,8,12,15,18H2,1H3,(H,39,40)(H,42,43,46)/t25-/m0/s1. The van der Waals surface area contributed by atoms with Crippen molar-refractivity contribution < 1.29 is 22.8 Å². The highest BCUT2D eigenvalue weighted by Gasteiger charge is 2.44. The van der Waals surface area contributed by atoms with Crippen molar-refractivity contribution in [2.24, 2.45) is 0 Å². The highest BCUT2D eigenvalue weighted by Crippen LogP contribution is 2.50. The fourth-order valence-electron chi connectivity index (χ4n) is 6.81. The average Bonchev–Trinajstić information content (AvgIpc) is 3.90. The topological polar surface area (TPSA) is 126 Å². The molecule has 2 aliphatic rings. The maximum absolute atomic E-state index is 14.2. The van der Waals surface area contributed by atoms with Gasteiger partial charge in [-0.2, -0.15) is 0 Å². The molecule has 248 valence electrons. The number of thiophene rings is 1. The van der Waals surface area contributed by atoms with Crippen LogP contribution in [0.4, 0.5) is 14.6 Å². The Morgan fingerprint density at radius 3 is 2.67 bits per heavy atom. The second-order valence-corrected chi connectivity index (χ2v) is 13.1. The van der Waals surface area contributed by atoms with Crippen molar-refractivity contribution in [3.8, 4) is 27.6 Å². The highest BCUT2D eigenvalue weighted by molar-refractivity contribution is 7.23. The summed E-state index contributed by atoms with van der Waals surface area (Å²) in [6.07, 6.45) is 4.39. The summed E-state index contributed by atoms with van der Waals surface area (Å²) in [6.45, 7) is 3.17. The molecular formula is C36H30F2N6O4S. The van der Waals surface area contributed by atoms with Gasteiger partial charge >= 0.3 is 5.76 Å². The first-order chi connectivity index (χ1) is 23.9. The van der Waals surface area contributed by atoms with Crippen LogP contribution in [-0.2, 0) is 19.4 Å². The molecule has 0 aliphatic carbocycles. The number of aromatic nitrogens is 4. The highest BCUT2D eigenvalue weighted by atomic mass is 32.1. The molecule has 1 saturated heterocycles. The largest absolute Gasteiger partial charge is 0.491 e. The van der Waals surface area contributed by atoms with Gasteiger partial charge in [0.15, 0.2) is 17.4 Å². The Kier molecular flexibility index (Phi) is 7.91. The number of carbonyl (C=O) groups is 1. The van der Waals surface area contributed by atoms with Crippen molar-refractivity contribution in [3.63, 3.8) is 0 Å².